The van der Waals surface area contributed by atoms with E-state index in [0.29, 0.717) is 10.7 Å². The van der Waals surface area contributed by atoms with Crippen LogP contribution in [0, 0.1) is 0 Å². The maximum atomic E-state index is 6.14. The topological polar surface area (TPSA) is 43.3 Å². The van der Waals surface area contributed by atoms with Gasteiger partial charge >= 0.3 is 0 Å². The van der Waals surface area contributed by atoms with Gasteiger partial charge in [0.1, 0.15) is 5.65 Å². The number of benzene rings is 2. The van der Waals surface area contributed by atoms with Crippen LogP contribution in [0.25, 0.3) is 28.0 Å². The molecule has 0 saturated heterocycles. The molecule has 0 aliphatic carbocycles. The molecule has 0 bridgehead atoms. The summed E-state index contributed by atoms with van der Waals surface area (Å²) in [5.74, 6) is 0. The summed E-state index contributed by atoms with van der Waals surface area (Å²) in [5.41, 5.74) is 11.6. The van der Waals surface area contributed by atoms with Crippen LogP contribution >= 0.6 is 11.6 Å². The Morgan fingerprint density at radius 2 is 1.74 bits per heavy atom. The van der Waals surface area contributed by atoms with Gasteiger partial charge in [0.05, 0.1) is 5.69 Å². The molecule has 4 heteroatoms. The molecule has 4 rings (SSSR count). The van der Waals surface area contributed by atoms with E-state index in [0.717, 1.165) is 28.0 Å². The van der Waals surface area contributed by atoms with Crippen molar-refractivity contribution in [2.24, 2.45) is 0 Å². The number of imidazole rings is 1. The quantitative estimate of drug-likeness (QED) is 0.534. The van der Waals surface area contributed by atoms with Gasteiger partial charge in [-0.05, 0) is 24.3 Å². The number of anilines is 1. The van der Waals surface area contributed by atoms with Gasteiger partial charge in [0.25, 0.3) is 0 Å². The van der Waals surface area contributed by atoms with Crippen LogP contribution in [0.3, 0.4) is 0 Å². The van der Waals surface area contributed by atoms with Crippen LogP contribution in [0.2, 0.25) is 5.02 Å². The summed E-state index contributed by atoms with van der Waals surface area (Å²) in [6.45, 7) is 0. The van der Waals surface area contributed by atoms with Gasteiger partial charge in [0.2, 0.25) is 0 Å². The summed E-state index contributed by atoms with van der Waals surface area (Å²) in [6.07, 6.45) is 4.02. The van der Waals surface area contributed by atoms with Crippen LogP contribution in [0.5, 0.6) is 0 Å². The van der Waals surface area contributed by atoms with Crippen molar-refractivity contribution in [3.05, 3.63) is 78.1 Å². The normalized spacial score (nSPS) is 11.0. The van der Waals surface area contributed by atoms with Crippen molar-refractivity contribution in [2.75, 3.05) is 5.73 Å². The van der Waals surface area contributed by atoms with Gasteiger partial charge in [-0.2, -0.15) is 0 Å². The smallest absolute Gasteiger partial charge is 0.145 e. The van der Waals surface area contributed by atoms with E-state index >= 15 is 0 Å². The van der Waals surface area contributed by atoms with E-state index in [-0.39, 0.29) is 0 Å². The SMILES string of the molecule is Nc1cc(Cl)ccc1-c1cccn2cc(-c3ccccc3)nc12. The summed E-state index contributed by atoms with van der Waals surface area (Å²) in [4.78, 5) is 4.80. The van der Waals surface area contributed by atoms with Crippen LogP contribution in [0.4, 0.5) is 5.69 Å². The number of nitrogens with two attached hydrogens (primary N) is 1. The molecule has 0 spiro atoms. The Morgan fingerprint density at radius 1 is 0.913 bits per heavy atom. The third-order valence-corrected chi connectivity index (χ3v) is 4.09. The van der Waals surface area contributed by atoms with Crippen molar-refractivity contribution in [3.63, 3.8) is 0 Å². The molecule has 2 N–H and O–H groups in total. The van der Waals surface area contributed by atoms with Crippen molar-refractivity contribution in [1.82, 2.24) is 9.38 Å². The fourth-order valence-electron chi connectivity index (χ4n) is 2.75. The Kier molecular flexibility index (Phi) is 3.28. The molecule has 0 aliphatic heterocycles. The number of halogens is 1. The molecule has 2 aromatic carbocycles. The second-order valence-corrected chi connectivity index (χ2v) is 5.81. The first-order valence-electron chi connectivity index (χ1n) is 7.31. The highest BCUT2D eigenvalue weighted by atomic mass is 35.5. The Labute approximate surface area is 139 Å². The third-order valence-electron chi connectivity index (χ3n) is 3.86. The molecule has 4 aromatic rings. The average molecular weight is 320 g/mol. The minimum atomic E-state index is 0.631. The summed E-state index contributed by atoms with van der Waals surface area (Å²) in [7, 11) is 0. The molecule has 3 nitrogen and oxygen atoms in total. The Hall–Kier alpha value is -2.78. The largest absolute Gasteiger partial charge is 0.398 e. The van der Waals surface area contributed by atoms with E-state index in [1.807, 2.05) is 59.3 Å². The molecule has 0 radical (unpaired) electrons. The van der Waals surface area contributed by atoms with E-state index in [1.54, 1.807) is 6.07 Å². The summed E-state index contributed by atoms with van der Waals surface area (Å²) >= 11 is 6.01. The first-order chi connectivity index (χ1) is 11.2. The van der Waals surface area contributed by atoms with Crippen molar-refractivity contribution in [3.8, 4) is 22.4 Å². The predicted octanol–water partition coefficient (Wildman–Crippen LogP) is 4.90. The molecular formula is C19H14ClN3. The zero-order valence-corrected chi connectivity index (χ0v) is 13.0. The molecule has 0 aliphatic rings. The highest BCUT2D eigenvalue weighted by molar-refractivity contribution is 6.31. The van der Waals surface area contributed by atoms with Gasteiger partial charge in [-0.1, -0.05) is 48.0 Å². The van der Waals surface area contributed by atoms with Gasteiger partial charge in [0.15, 0.2) is 0 Å². The molecule has 112 valence electrons. The van der Waals surface area contributed by atoms with Crippen LogP contribution in [0.1, 0.15) is 0 Å². The Balaban J connectivity index is 1.93. The minimum absolute atomic E-state index is 0.631. The van der Waals surface area contributed by atoms with Crippen LogP contribution < -0.4 is 5.73 Å². The molecule has 0 unspecified atom stereocenters. The standard InChI is InChI=1S/C19H14ClN3/c20-14-8-9-15(17(21)11-14)16-7-4-10-23-12-18(22-19(16)23)13-5-2-1-3-6-13/h1-12H,21H2. The molecule has 0 fully saturated rings. The number of pyridine rings is 1. The van der Waals surface area contributed by atoms with Gasteiger partial charge < -0.3 is 10.1 Å². The summed E-state index contributed by atoms with van der Waals surface area (Å²) in [6, 6.07) is 19.7. The molecule has 0 atom stereocenters. The van der Waals surface area contributed by atoms with E-state index < -0.39 is 0 Å². The number of nitrogens with zero attached hydrogens (tertiary/aromatic N) is 2. The average Bonchev–Trinajstić information content (AvgIpc) is 3.00. The zero-order chi connectivity index (χ0) is 15.8. The first-order valence-corrected chi connectivity index (χ1v) is 7.69. The highest BCUT2D eigenvalue weighted by Crippen LogP contribution is 2.32. The fraction of sp³-hybridized carbons (Fsp3) is 0. The lowest BCUT2D eigenvalue weighted by molar-refractivity contribution is 1.19. The maximum absolute atomic E-state index is 6.14. The van der Waals surface area contributed by atoms with Crippen LogP contribution in [-0.2, 0) is 0 Å². The maximum Gasteiger partial charge on any atom is 0.145 e. The molecule has 2 aromatic heterocycles. The predicted molar refractivity (Wildman–Crippen MR) is 95.5 cm³/mol. The molecule has 0 saturated carbocycles. The Morgan fingerprint density at radius 3 is 2.52 bits per heavy atom. The lowest BCUT2D eigenvalue weighted by Crippen LogP contribution is -1.93. The Bertz CT molecular complexity index is 990. The first kappa shape index (κ1) is 13.9. The van der Waals surface area contributed by atoms with E-state index in [4.69, 9.17) is 22.3 Å². The van der Waals surface area contributed by atoms with Crippen molar-refractivity contribution >= 4 is 22.9 Å². The van der Waals surface area contributed by atoms with Crippen LogP contribution in [0.15, 0.2) is 73.1 Å². The number of hydrogen-bond donors (Lipinski definition) is 1. The van der Waals surface area contributed by atoms with Crippen molar-refractivity contribution in [1.29, 1.82) is 0 Å². The fourth-order valence-corrected chi connectivity index (χ4v) is 2.93. The lowest BCUT2D eigenvalue weighted by atomic mass is 10.1. The zero-order valence-electron chi connectivity index (χ0n) is 12.3. The number of hydrogen-bond acceptors (Lipinski definition) is 2. The second kappa shape index (κ2) is 5.45. The second-order valence-electron chi connectivity index (χ2n) is 5.38. The van der Waals surface area contributed by atoms with Crippen LogP contribution in [-0.4, -0.2) is 9.38 Å². The molecule has 0 amide bonds. The summed E-state index contributed by atoms with van der Waals surface area (Å²) in [5, 5.41) is 0.631. The van der Waals surface area contributed by atoms with Gasteiger partial charge in [-0.3, -0.25) is 0 Å². The van der Waals surface area contributed by atoms with E-state index in [9.17, 15) is 0 Å². The van der Waals surface area contributed by atoms with Crippen molar-refractivity contribution in [2.45, 2.75) is 0 Å². The van der Waals surface area contributed by atoms with E-state index in [1.165, 1.54) is 0 Å². The summed E-state index contributed by atoms with van der Waals surface area (Å²) < 4.78 is 2.02. The molecule has 2 heterocycles. The van der Waals surface area contributed by atoms with Gasteiger partial charge in [0, 0.05) is 39.8 Å². The van der Waals surface area contributed by atoms with Crippen molar-refractivity contribution < 1.29 is 0 Å². The monoisotopic (exact) mass is 319 g/mol. The third kappa shape index (κ3) is 2.45. The number of fused-ring (bicyclic) bond motifs is 1. The van der Waals surface area contributed by atoms with E-state index in [2.05, 4.69) is 12.1 Å². The van der Waals surface area contributed by atoms with Gasteiger partial charge in [-0.15, -0.1) is 0 Å². The minimum Gasteiger partial charge on any atom is -0.398 e. The number of rotatable bonds is 2. The molecule has 23 heavy (non-hydrogen) atoms. The van der Waals surface area contributed by atoms with Gasteiger partial charge in [-0.25, -0.2) is 4.98 Å². The number of nitrogen functional groups attached to an aromatic ring is 1. The molecular weight excluding hydrogens is 306 g/mol. The lowest BCUT2D eigenvalue weighted by Gasteiger charge is -2.07. The number of aromatic nitrogens is 2. The highest BCUT2D eigenvalue weighted by Gasteiger charge is 2.11.